The molecule has 1 aromatic carbocycles. The normalized spacial score (nSPS) is 12.9. The van der Waals surface area contributed by atoms with E-state index in [1.54, 1.807) is 0 Å². The molecule has 0 amide bonds. The summed E-state index contributed by atoms with van der Waals surface area (Å²) in [5.41, 5.74) is -2.06. The summed E-state index contributed by atoms with van der Waals surface area (Å²) >= 11 is 5.28. The molecule has 0 spiro atoms. The lowest BCUT2D eigenvalue weighted by molar-refractivity contribution is -0.0000214. The molecule has 0 saturated carbocycles. The van der Waals surface area contributed by atoms with E-state index in [-0.39, 0.29) is 12.4 Å². The molecule has 0 aromatic heterocycles. The lowest BCUT2D eigenvalue weighted by Gasteiger charge is -2.11. The number of rotatable bonds is 4. The van der Waals surface area contributed by atoms with Crippen molar-refractivity contribution in [2.24, 2.45) is 0 Å². The third kappa shape index (κ3) is 4.58. The highest BCUT2D eigenvalue weighted by molar-refractivity contribution is 7.90. The largest absolute Gasteiger partial charge is 1.00 e. The Balaban J connectivity index is 0.00000625. The molecule has 0 bridgehead atoms. The van der Waals surface area contributed by atoms with Gasteiger partial charge in [0.05, 0.1) is 5.02 Å². The summed E-state index contributed by atoms with van der Waals surface area (Å²) in [6.45, 7) is 0. The van der Waals surface area contributed by atoms with Crippen LogP contribution >= 0.6 is 11.6 Å². The summed E-state index contributed by atoms with van der Waals surface area (Å²) in [7, 11) is -23.4. The van der Waals surface area contributed by atoms with Crippen molar-refractivity contribution in [1.29, 1.82) is 5.39 Å². The molecular weight excluding hydrogens is 491 g/mol. The number of diazo groups is 1. The summed E-state index contributed by atoms with van der Waals surface area (Å²) in [6, 6.07) is 0. The summed E-state index contributed by atoms with van der Waals surface area (Å²) in [4.78, 5) is -6.62. The van der Waals surface area contributed by atoms with Crippen LogP contribution in [0, 0.1) is 5.39 Å². The minimum Gasteiger partial charge on any atom is -1.00 e. The molecule has 14 nitrogen and oxygen atoms in total. The zero-order valence-corrected chi connectivity index (χ0v) is 16.1. The van der Waals surface area contributed by atoms with Gasteiger partial charge in [-0.1, -0.05) is 11.6 Å². The van der Waals surface area contributed by atoms with Gasteiger partial charge in [-0.25, -0.2) is 0 Å². The molecule has 0 atom stereocenters. The summed E-state index contributed by atoms with van der Waals surface area (Å²) in [5, 5.41) is 6.84. The third-order valence-electron chi connectivity index (χ3n) is 2.37. The van der Waals surface area contributed by atoms with Gasteiger partial charge in [-0.15, -0.1) is 0 Å². The highest BCUT2D eigenvalue weighted by atomic mass is 35.5. The Morgan fingerprint density at radius 3 is 1.04 bits per heavy atom. The highest BCUT2D eigenvalue weighted by Crippen LogP contribution is 2.46. The molecule has 0 aliphatic rings. The predicted octanol–water partition coefficient (Wildman–Crippen LogP) is -3.18. The summed E-state index contributed by atoms with van der Waals surface area (Å²) in [6.07, 6.45) is 0. The predicted molar refractivity (Wildman–Crippen MR) is 75.5 cm³/mol. The lowest BCUT2D eigenvalue weighted by Crippen LogP contribution is -3.00. The van der Waals surface area contributed by atoms with Crippen LogP contribution in [0.25, 0.3) is 4.98 Å². The Morgan fingerprint density at radius 1 is 0.654 bits per heavy atom. The van der Waals surface area contributed by atoms with Crippen LogP contribution in [0.5, 0.6) is 0 Å². The molecule has 0 saturated heterocycles. The molecule has 0 aliphatic carbocycles. The van der Waals surface area contributed by atoms with E-state index in [0.717, 1.165) is 0 Å². The maximum atomic E-state index is 11.3. The first-order valence-electron chi connectivity index (χ1n) is 4.99. The Morgan fingerprint density at radius 2 is 0.885 bits per heavy atom. The van der Waals surface area contributed by atoms with Crippen LogP contribution in [-0.2, 0) is 40.5 Å². The van der Waals surface area contributed by atoms with Gasteiger partial charge in [-0.05, 0) is 0 Å². The molecule has 0 aliphatic heterocycles. The van der Waals surface area contributed by atoms with Gasteiger partial charge < -0.3 is 12.4 Å². The maximum Gasteiger partial charge on any atom is 0.429 e. The van der Waals surface area contributed by atoms with E-state index in [9.17, 15) is 33.7 Å². The SMILES string of the molecule is N#[N+]c1c(S(=O)(=O)O)c(S(=O)(=O)O)c(Cl)c(S(=O)(=O)O)c1S(=O)(=O)O.[Cl-]. The molecular formula is C6H4Cl2N2O12S4. The van der Waals surface area contributed by atoms with Crippen LogP contribution in [0.4, 0.5) is 5.69 Å². The smallest absolute Gasteiger partial charge is 0.429 e. The Hall–Kier alpha value is -1.14. The number of hydrogen-bond donors (Lipinski definition) is 4. The number of hydrogen-bond acceptors (Lipinski definition) is 9. The molecule has 0 fully saturated rings. The highest BCUT2D eigenvalue weighted by Gasteiger charge is 2.48. The van der Waals surface area contributed by atoms with Gasteiger partial charge >= 0.3 is 25.9 Å². The van der Waals surface area contributed by atoms with Crippen molar-refractivity contribution in [2.75, 3.05) is 0 Å². The number of nitrogens with zero attached hydrogens (tertiary/aromatic N) is 2. The molecule has 0 radical (unpaired) electrons. The van der Waals surface area contributed by atoms with Gasteiger partial charge in [0.2, 0.25) is 15.2 Å². The zero-order valence-electron chi connectivity index (χ0n) is 11.3. The Kier molecular flexibility index (Phi) is 6.80. The molecule has 0 unspecified atom stereocenters. The quantitative estimate of drug-likeness (QED) is 0.238. The van der Waals surface area contributed by atoms with E-state index in [4.69, 9.17) is 35.2 Å². The summed E-state index contributed by atoms with van der Waals surface area (Å²) in [5.74, 6) is 0. The van der Waals surface area contributed by atoms with Crippen LogP contribution < -0.4 is 12.4 Å². The van der Waals surface area contributed by atoms with Crippen molar-refractivity contribution in [3.8, 4) is 0 Å². The average molecular weight is 495 g/mol. The van der Waals surface area contributed by atoms with E-state index in [1.165, 1.54) is 0 Å². The first-order chi connectivity index (χ1) is 10.8. The second kappa shape index (κ2) is 7.12. The minimum atomic E-state index is -5.86. The van der Waals surface area contributed by atoms with Crippen LogP contribution in [-0.4, -0.2) is 51.9 Å². The second-order valence-electron chi connectivity index (χ2n) is 3.98. The fourth-order valence-corrected chi connectivity index (χ4v) is 6.70. The number of halogens is 2. The van der Waals surface area contributed by atoms with Crippen molar-refractivity contribution >= 4 is 57.8 Å². The zero-order chi connectivity index (χ0) is 20.2. The molecule has 1 aromatic rings. The van der Waals surface area contributed by atoms with Crippen molar-refractivity contribution in [1.82, 2.24) is 0 Å². The van der Waals surface area contributed by atoms with E-state index < -0.39 is 70.8 Å². The van der Waals surface area contributed by atoms with Crippen molar-refractivity contribution in [2.45, 2.75) is 19.6 Å². The lowest BCUT2D eigenvalue weighted by atomic mass is 10.3. The third-order valence-corrected chi connectivity index (χ3v) is 6.91. The summed E-state index contributed by atoms with van der Waals surface area (Å²) < 4.78 is 127. The molecule has 20 heteroatoms. The topological polar surface area (TPSA) is 246 Å². The fourth-order valence-electron chi connectivity index (χ4n) is 1.65. The van der Waals surface area contributed by atoms with E-state index in [1.807, 2.05) is 4.98 Å². The van der Waals surface area contributed by atoms with Gasteiger partial charge in [0.15, 0.2) is 4.98 Å². The van der Waals surface area contributed by atoms with Gasteiger partial charge in [0, 0.05) is 0 Å². The molecule has 0 heterocycles. The standard InChI is InChI=1S/C6H3ClN2O12S4.ClH/c7-1-3(22(10,11)12)5(24(16,17)18)2(9-8)6(25(19,20)21)4(1)23(13,14)15;/h(H3-,10,11,12,13,14,15,16,17,18,19,20,21);1H. The van der Waals surface area contributed by atoms with E-state index in [0.29, 0.717) is 0 Å². The fraction of sp³-hybridized carbons (Fsp3) is 0. The second-order valence-corrected chi connectivity index (χ2v) is 9.79. The van der Waals surface area contributed by atoms with Crippen LogP contribution in [0.1, 0.15) is 0 Å². The van der Waals surface area contributed by atoms with Crippen molar-refractivity contribution in [3.05, 3.63) is 10.00 Å². The van der Waals surface area contributed by atoms with E-state index in [2.05, 4.69) is 0 Å². The first kappa shape index (κ1) is 24.9. The van der Waals surface area contributed by atoms with Crippen LogP contribution in [0.2, 0.25) is 5.02 Å². The molecule has 148 valence electrons. The number of benzene rings is 1. The van der Waals surface area contributed by atoms with Gasteiger partial charge in [0.25, 0.3) is 20.2 Å². The van der Waals surface area contributed by atoms with E-state index >= 15 is 0 Å². The maximum absolute atomic E-state index is 11.3. The minimum absolute atomic E-state index is 0. The van der Waals surface area contributed by atoms with Crippen LogP contribution in [0.15, 0.2) is 19.6 Å². The van der Waals surface area contributed by atoms with Gasteiger partial charge in [-0.3, -0.25) is 18.2 Å². The van der Waals surface area contributed by atoms with Gasteiger partial charge in [-0.2, -0.15) is 33.7 Å². The monoisotopic (exact) mass is 494 g/mol. The average Bonchev–Trinajstić information content (AvgIpc) is 2.31. The first-order valence-corrected chi connectivity index (χ1v) is 11.1. The van der Waals surface area contributed by atoms with Gasteiger partial charge in [0.1, 0.15) is 9.79 Å². The van der Waals surface area contributed by atoms with Crippen molar-refractivity contribution < 1.29 is 64.3 Å². The van der Waals surface area contributed by atoms with Crippen LogP contribution in [0.3, 0.4) is 0 Å². The Bertz CT molecular complexity index is 1150. The molecule has 26 heavy (non-hydrogen) atoms. The molecule has 4 N–H and O–H groups in total. The molecule has 1 rings (SSSR count). The Labute approximate surface area is 156 Å². The van der Waals surface area contributed by atoms with Crippen molar-refractivity contribution in [3.63, 3.8) is 0 Å².